The largest absolute Gasteiger partial charge is 0.328 e. The fourth-order valence-electron chi connectivity index (χ4n) is 2.98. The Balaban J connectivity index is 1.57. The molecule has 0 aliphatic carbocycles. The zero-order chi connectivity index (χ0) is 24.2. The van der Waals surface area contributed by atoms with Crippen LogP contribution < -0.4 is 21.5 Å². The Hall–Kier alpha value is -4.80. The summed E-state index contributed by atoms with van der Waals surface area (Å²) in [5.74, 6) is -2.32. The molecule has 3 amide bonds. The van der Waals surface area contributed by atoms with Crippen molar-refractivity contribution in [2.45, 2.75) is 13.8 Å². The number of aromatic nitrogens is 4. The molecule has 2 aromatic heterocycles. The van der Waals surface area contributed by atoms with E-state index in [4.69, 9.17) is 0 Å². The van der Waals surface area contributed by atoms with Crippen molar-refractivity contribution in [1.82, 2.24) is 25.3 Å². The van der Waals surface area contributed by atoms with E-state index in [9.17, 15) is 19.2 Å². The Morgan fingerprint density at radius 2 is 1.59 bits per heavy atom. The number of para-hydroxylation sites is 2. The van der Waals surface area contributed by atoms with Crippen molar-refractivity contribution in [1.29, 1.82) is 0 Å². The first-order valence-corrected chi connectivity index (χ1v) is 10.3. The van der Waals surface area contributed by atoms with E-state index in [0.717, 1.165) is 0 Å². The van der Waals surface area contributed by atoms with Gasteiger partial charge in [-0.15, -0.1) is 0 Å². The van der Waals surface area contributed by atoms with Gasteiger partial charge in [-0.1, -0.05) is 44.2 Å². The molecule has 171 valence electrons. The standard InChI is InChI=1S/C23H20N7O4/c1-12(2)19(31)29-23-28-17-16(21(33)30-23)26-18(27-17)22(34)25-15-11-7-6-10-14(15)20(32)24-13-8-4-3-5-9-13/h3-12H,1-2H3,(H,24,32)(H,25,34)(H2,26,27,28,30,33). The molecule has 2 heterocycles. The molecule has 0 spiro atoms. The topological polar surface area (TPSA) is 164 Å². The average Bonchev–Trinajstić information content (AvgIpc) is 3.25. The van der Waals surface area contributed by atoms with Gasteiger partial charge in [-0.05, 0) is 24.3 Å². The van der Waals surface area contributed by atoms with Crippen LogP contribution in [-0.2, 0) is 4.79 Å². The lowest BCUT2D eigenvalue weighted by Crippen LogP contribution is -2.21. The molecule has 2 aromatic carbocycles. The second kappa shape index (κ2) is 9.36. The maximum absolute atomic E-state index is 12.8. The van der Waals surface area contributed by atoms with E-state index in [2.05, 4.69) is 35.9 Å². The minimum absolute atomic E-state index is 0.0452. The van der Waals surface area contributed by atoms with E-state index in [-0.39, 0.29) is 40.1 Å². The summed E-state index contributed by atoms with van der Waals surface area (Å²) >= 11 is 0. The van der Waals surface area contributed by atoms with Gasteiger partial charge in [-0.25, -0.2) is 4.98 Å². The summed E-state index contributed by atoms with van der Waals surface area (Å²) in [5.41, 5.74) is 0.347. The normalized spacial score (nSPS) is 10.8. The Kier molecular flexibility index (Phi) is 6.17. The molecule has 0 saturated heterocycles. The summed E-state index contributed by atoms with van der Waals surface area (Å²) < 4.78 is 0. The van der Waals surface area contributed by atoms with E-state index < -0.39 is 23.3 Å². The molecule has 4 N–H and O–H groups in total. The number of rotatable bonds is 6. The summed E-state index contributed by atoms with van der Waals surface area (Å²) in [4.78, 5) is 62.8. The van der Waals surface area contributed by atoms with Crippen LogP contribution in [-0.4, -0.2) is 37.7 Å². The summed E-state index contributed by atoms with van der Waals surface area (Å²) in [6.45, 7) is 3.33. The molecule has 0 unspecified atom stereocenters. The number of hydrogen-bond acceptors (Lipinski definition) is 6. The van der Waals surface area contributed by atoms with Crippen LogP contribution in [0.5, 0.6) is 0 Å². The monoisotopic (exact) mass is 458 g/mol. The van der Waals surface area contributed by atoms with E-state index >= 15 is 0 Å². The second-order valence-electron chi connectivity index (χ2n) is 7.60. The third kappa shape index (κ3) is 4.83. The third-order valence-corrected chi connectivity index (χ3v) is 4.73. The van der Waals surface area contributed by atoms with Crippen LogP contribution in [0.1, 0.15) is 34.8 Å². The van der Waals surface area contributed by atoms with Gasteiger partial charge in [0.05, 0.1) is 11.3 Å². The lowest BCUT2D eigenvalue weighted by atomic mass is 10.1. The van der Waals surface area contributed by atoms with Crippen molar-refractivity contribution in [3.8, 4) is 0 Å². The minimum atomic E-state index is -0.686. The number of hydrogen-bond donors (Lipinski definition) is 4. The zero-order valence-corrected chi connectivity index (χ0v) is 18.2. The maximum Gasteiger partial charge on any atom is 0.291 e. The van der Waals surface area contributed by atoms with Crippen LogP contribution in [0, 0.1) is 5.92 Å². The molecule has 0 bridgehead atoms. The highest BCUT2D eigenvalue weighted by molar-refractivity contribution is 6.12. The summed E-state index contributed by atoms with van der Waals surface area (Å²) in [5, 5.41) is 9.14. The van der Waals surface area contributed by atoms with Crippen molar-refractivity contribution in [2.75, 3.05) is 10.6 Å². The SMILES string of the molecule is CC(C)C(=O)[N]c1nc2nc(C(=O)Nc3ccccc3C(=O)Nc3ccccc3)[nH]c2c(=O)[nH]1. The van der Waals surface area contributed by atoms with Crippen LogP contribution in [0.4, 0.5) is 17.3 Å². The molecule has 4 aromatic rings. The van der Waals surface area contributed by atoms with E-state index in [1.54, 1.807) is 62.4 Å². The number of anilines is 2. The smallest absolute Gasteiger partial charge is 0.291 e. The first-order valence-electron chi connectivity index (χ1n) is 10.3. The van der Waals surface area contributed by atoms with Crippen molar-refractivity contribution in [3.63, 3.8) is 0 Å². The van der Waals surface area contributed by atoms with Gasteiger partial charge in [-0.3, -0.25) is 24.2 Å². The van der Waals surface area contributed by atoms with E-state index in [0.29, 0.717) is 5.69 Å². The lowest BCUT2D eigenvalue weighted by molar-refractivity contribution is -0.123. The summed E-state index contributed by atoms with van der Waals surface area (Å²) in [7, 11) is 0. The van der Waals surface area contributed by atoms with Crippen molar-refractivity contribution < 1.29 is 14.4 Å². The number of nitrogens with one attached hydrogen (secondary N) is 4. The highest BCUT2D eigenvalue weighted by Gasteiger charge is 2.19. The molecule has 0 aliphatic rings. The molecular weight excluding hydrogens is 438 g/mol. The van der Waals surface area contributed by atoms with Crippen LogP contribution in [0.3, 0.4) is 0 Å². The number of aromatic amines is 2. The fourth-order valence-corrected chi connectivity index (χ4v) is 2.98. The molecule has 34 heavy (non-hydrogen) atoms. The highest BCUT2D eigenvalue weighted by atomic mass is 16.2. The molecule has 0 saturated carbocycles. The van der Waals surface area contributed by atoms with Crippen LogP contribution in [0.25, 0.3) is 11.2 Å². The Bertz CT molecular complexity index is 1440. The number of H-pyrrole nitrogens is 2. The van der Waals surface area contributed by atoms with Crippen molar-refractivity contribution >= 4 is 46.2 Å². The number of imidazole rings is 1. The van der Waals surface area contributed by atoms with Gasteiger partial charge in [0.25, 0.3) is 23.3 Å². The quantitative estimate of drug-likeness (QED) is 0.347. The number of fused-ring (bicyclic) bond motifs is 1. The predicted octanol–water partition coefficient (Wildman–Crippen LogP) is 2.57. The van der Waals surface area contributed by atoms with Gasteiger partial charge in [0.1, 0.15) is 0 Å². The fraction of sp³-hybridized carbons (Fsp3) is 0.130. The lowest BCUT2D eigenvalue weighted by Gasteiger charge is -2.10. The predicted molar refractivity (Wildman–Crippen MR) is 125 cm³/mol. The van der Waals surface area contributed by atoms with Crippen LogP contribution in [0.15, 0.2) is 59.4 Å². The van der Waals surface area contributed by atoms with Crippen molar-refractivity contribution in [3.05, 3.63) is 76.3 Å². The van der Waals surface area contributed by atoms with Crippen LogP contribution >= 0.6 is 0 Å². The molecule has 4 rings (SSSR count). The Morgan fingerprint density at radius 3 is 2.32 bits per heavy atom. The van der Waals surface area contributed by atoms with Crippen molar-refractivity contribution in [2.24, 2.45) is 5.92 Å². The second-order valence-corrected chi connectivity index (χ2v) is 7.60. The van der Waals surface area contributed by atoms with Gasteiger partial charge >= 0.3 is 0 Å². The molecular formula is C23H20N7O4. The molecule has 11 heteroatoms. The first-order chi connectivity index (χ1) is 16.3. The van der Waals surface area contributed by atoms with Gasteiger partial charge in [0.2, 0.25) is 5.95 Å². The van der Waals surface area contributed by atoms with Gasteiger partial charge < -0.3 is 15.6 Å². The molecule has 0 atom stereocenters. The maximum atomic E-state index is 12.8. The first kappa shape index (κ1) is 22.4. The average molecular weight is 458 g/mol. The number of nitrogens with zero attached hydrogens (tertiary/aromatic N) is 3. The zero-order valence-electron chi connectivity index (χ0n) is 18.2. The van der Waals surface area contributed by atoms with Gasteiger partial charge in [-0.2, -0.15) is 10.3 Å². The van der Waals surface area contributed by atoms with E-state index in [1.165, 1.54) is 0 Å². The number of carbonyl (C=O) groups excluding carboxylic acids is 3. The molecule has 1 radical (unpaired) electrons. The van der Waals surface area contributed by atoms with Gasteiger partial charge in [0.15, 0.2) is 17.0 Å². The number of benzene rings is 2. The van der Waals surface area contributed by atoms with E-state index in [1.807, 2.05) is 6.07 Å². The van der Waals surface area contributed by atoms with Gasteiger partial charge in [0, 0.05) is 11.6 Å². The number of amides is 3. The molecule has 11 nitrogen and oxygen atoms in total. The minimum Gasteiger partial charge on any atom is -0.328 e. The Labute approximate surface area is 193 Å². The highest BCUT2D eigenvalue weighted by Crippen LogP contribution is 2.18. The molecule has 0 fully saturated rings. The molecule has 0 aliphatic heterocycles. The summed E-state index contributed by atoms with van der Waals surface area (Å²) in [6.07, 6.45) is 0. The van der Waals surface area contributed by atoms with Crippen LogP contribution in [0.2, 0.25) is 0 Å². The third-order valence-electron chi connectivity index (χ3n) is 4.73. The summed E-state index contributed by atoms with van der Waals surface area (Å²) in [6, 6.07) is 15.4. The number of carbonyl (C=O) groups is 3. The Morgan fingerprint density at radius 1 is 0.882 bits per heavy atom.